The fourth-order valence-electron chi connectivity index (χ4n) is 4.20. The third kappa shape index (κ3) is 4.19. The highest BCUT2D eigenvalue weighted by atomic mass is 35.5. The van der Waals surface area contributed by atoms with Gasteiger partial charge in [-0.2, -0.15) is 0 Å². The topological polar surface area (TPSA) is 44.9 Å². The van der Waals surface area contributed by atoms with E-state index in [9.17, 15) is 4.79 Å². The molecule has 3 aromatic rings. The molecule has 2 N–H and O–H groups in total. The lowest BCUT2D eigenvalue weighted by Gasteiger charge is -2.24. The molecular weight excluding hydrogens is 356 g/mol. The van der Waals surface area contributed by atoms with Gasteiger partial charge in [0.05, 0.1) is 0 Å². The minimum Gasteiger partial charge on any atom is -0.361 e. The van der Waals surface area contributed by atoms with E-state index < -0.39 is 0 Å². The van der Waals surface area contributed by atoms with Crippen molar-refractivity contribution in [3.63, 3.8) is 0 Å². The lowest BCUT2D eigenvalue weighted by Crippen LogP contribution is -2.36. The summed E-state index contributed by atoms with van der Waals surface area (Å²) in [5.41, 5.74) is 3.37. The van der Waals surface area contributed by atoms with Crippen molar-refractivity contribution in [3.05, 3.63) is 70.9 Å². The minimum atomic E-state index is 0.00186. The fraction of sp³-hybridized carbons (Fsp3) is 0.348. The Balaban J connectivity index is 1.62. The number of benzene rings is 2. The third-order valence-electron chi connectivity index (χ3n) is 5.63. The molecule has 0 saturated heterocycles. The molecule has 0 bridgehead atoms. The highest BCUT2D eigenvalue weighted by Crippen LogP contribution is 2.34. The second kappa shape index (κ2) is 8.18. The zero-order valence-electron chi connectivity index (χ0n) is 15.4. The number of fused-ring (bicyclic) bond motifs is 1. The Bertz CT molecular complexity index is 910. The maximum Gasteiger partial charge on any atom is 0.221 e. The molecule has 4 rings (SSSR count). The molecule has 1 aliphatic carbocycles. The standard InChI is InChI=1S/C23H25ClN2O/c24-17-12-10-16(11-13-17)20(14-23(27)26-18-6-2-1-3-7-18)21-15-25-22-9-5-4-8-19(21)22/h4-5,8-13,15,18,20,25H,1-3,6-7,14H2,(H,26,27)/t20-/m1/s1. The number of aromatic nitrogens is 1. The van der Waals surface area contributed by atoms with Crippen LogP contribution in [0.2, 0.25) is 5.02 Å². The van der Waals surface area contributed by atoms with Crippen molar-refractivity contribution in [2.24, 2.45) is 0 Å². The van der Waals surface area contributed by atoms with E-state index in [0.717, 1.165) is 29.5 Å². The van der Waals surface area contributed by atoms with Crippen molar-refractivity contribution < 1.29 is 4.79 Å². The molecule has 1 amide bonds. The molecule has 1 saturated carbocycles. The molecule has 140 valence electrons. The molecule has 1 atom stereocenters. The van der Waals surface area contributed by atoms with Crippen LogP contribution in [-0.4, -0.2) is 16.9 Å². The van der Waals surface area contributed by atoms with E-state index in [1.54, 1.807) is 0 Å². The van der Waals surface area contributed by atoms with Crippen LogP contribution < -0.4 is 5.32 Å². The van der Waals surface area contributed by atoms with E-state index in [1.165, 1.54) is 24.6 Å². The van der Waals surface area contributed by atoms with Gasteiger partial charge in [-0.1, -0.05) is 61.2 Å². The summed E-state index contributed by atoms with van der Waals surface area (Å²) >= 11 is 6.09. The van der Waals surface area contributed by atoms with Crippen LogP contribution in [0.5, 0.6) is 0 Å². The summed E-state index contributed by atoms with van der Waals surface area (Å²) in [5, 5.41) is 5.15. The van der Waals surface area contributed by atoms with E-state index >= 15 is 0 Å². The first-order valence-electron chi connectivity index (χ1n) is 9.81. The summed E-state index contributed by atoms with van der Waals surface area (Å²) in [4.78, 5) is 16.2. The number of para-hydroxylation sites is 1. The zero-order chi connectivity index (χ0) is 18.6. The molecule has 1 fully saturated rings. The van der Waals surface area contributed by atoms with Gasteiger partial charge in [0.1, 0.15) is 0 Å². The van der Waals surface area contributed by atoms with Gasteiger partial charge in [0.25, 0.3) is 0 Å². The van der Waals surface area contributed by atoms with Crippen LogP contribution in [0.3, 0.4) is 0 Å². The van der Waals surface area contributed by atoms with Crippen LogP contribution in [0.1, 0.15) is 55.6 Å². The number of halogens is 1. The molecule has 1 aliphatic rings. The molecule has 2 aromatic carbocycles. The summed E-state index contributed by atoms with van der Waals surface area (Å²) in [6, 6.07) is 16.4. The quantitative estimate of drug-likeness (QED) is 0.577. The lowest BCUT2D eigenvalue weighted by atomic mass is 9.87. The van der Waals surface area contributed by atoms with Crippen molar-refractivity contribution in [1.82, 2.24) is 10.3 Å². The Hall–Kier alpha value is -2.26. The molecule has 0 aliphatic heterocycles. The second-order valence-corrected chi connectivity index (χ2v) is 7.94. The normalized spacial score (nSPS) is 16.3. The number of nitrogens with one attached hydrogen (secondary N) is 2. The van der Waals surface area contributed by atoms with Gasteiger partial charge in [-0.25, -0.2) is 0 Å². The van der Waals surface area contributed by atoms with Gasteiger partial charge in [0, 0.05) is 40.5 Å². The van der Waals surface area contributed by atoms with Crippen molar-refractivity contribution in [3.8, 4) is 0 Å². The highest BCUT2D eigenvalue weighted by molar-refractivity contribution is 6.30. The van der Waals surface area contributed by atoms with Crippen molar-refractivity contribution >= 4 is 28.4 Å². The van der Waals surface area contributed by atoms with Gasteiger partial charge in [-0.15, -0.1) is 0 Å². The Kier molecular flexibility index (Phi) is 5.49. The number of rotatable bonds is 5. The SMILES string of the molecule is O=C(C[C@H](c1ccc(Cl)cc1)c1c[nH]c2ccccc12)NC1CCCCC1. The van der Waals surface area contributed by atoms with E-state index in [0.29, 0.717) is 17.5 Å². The van der Waals surface area contributed by atoms with Crippen LogP contribution >= 0.6 is 11.6 Å². The van der Waals surface area contributed by atoms with E-state index in [4.69, 9.17) is 11.6 Å². The predicted octanol–water partition coefficient (Wildman–Crippen LogP) is 5.79. The number of amides is 1. The molecule has 0 spiro atoms. The molecule has 0 unspecified atom stereocenters. The van der Waals surface area contributed by atoms with Crippen LogP contribution in [-0.2, 0) is 4.79 Å². The lowest BCUT2D eigenvalue weighted by molar-refractivity contribution is -0.122. The molecular formula is C23H25ClN2O. The van der Waals surface area contributed by atoms with Gasteiger partial charge in [-0.05, 0) is 42.2 Å². The third-order valence-corrected chi connectivity index (χ3v) is 5.88. The van der Waals surface area contributed by atoms with Crippen LogP contribution in [0, 0.1) is 0 Å². The van der Waals surface area contributed by atoms with E-state index in [2.05, 4.69) is 22.4 Å². The minimum absolute atomic E-state index is 0.00186. The zero-order valence-corrected chi connectivity index (χ0v) is 16.1. The fourth-order valence-corrected chi connectivity index (χ4v) is 4.33. The van der Waals surface area contributed by atoms with Crippen LogP contribution in [0.25, 0.3) is 10.9 Å². The monoisotopic (exact) mass is 380 g/mol. The number of hydrogen-bond donors (Lipinski definition) is 2. The summed E-state index contributed by atoms with van der Waals surface area (Å²) in [6.45, 7) is 0. The summed E-state index contributed by atoms with van der Waals surface area (Å²) in [7, 11) is 0. The Morgan fingerprint density at radius 3 is 2.59 bits per heavy atom. The maximum absolute atomic E-state index is 12.8. The molecule has 27 heavy (non-hydrogen) atoms. The summed E-state index contributed by atoms with van der Waals surface area (Å²) < 4.78 is 0. The van der Waals surface area contributed by atoms with Gasteiger partial charge in [0.2, 0.25) is 5.91 Å². The van der Waals surface area contributed by atoms with Gasteiger partial charge >= 0.3 is 0 Å². The number of carbonyl (C=O) groups excluding carboxylic acids is 1. The molecule has 0 radical (unpaired) electrons. The second-order valence-electron chi connectivity index (χ2n) is 7.50. The van der Waals surface area contributed by atoms with Gasteiger partial charge in [-0.3, -0.25) is 4.79 Å². The average molecular weight is 381 g/mol. The molecule has 1 heterocycles. The van der Waals surface area contributed by atoms with Crippen LogP contribution in [0.15, 0.2) is 54.7 Å². The first kappa shape index (κ1) is 18.1. The molecule has 4 heteroatoms. The summed E-state index contributed by atoms with van der Waals surface area (Å²) in [6.07, 6.45) is 8.41. The highest BCUT2D eigenvalue weighted by Gasteiger charge is 2.23. The predicted molar refractivity (Wildman–Crippen MR) is 111 cm³/mol. The number of aromatic amines is 1. The largest absolute Gasteiger partial charge is 0.361 e. The number of carbonyl (C=O) groups is 1. The summed E-state index contributed by atoms with van der Waals surface area (Å²) in [5.74, 6) is 0.133. The van der Waals surface area contributed by atoms with Crippen LogP contribution in [0.4, 0.5) is 0 Å². The number of hydrogen-bond acceptors (Lipinski definition) is 1. The van der Waals surface area contributed by atoms with Crippen molar-refractivity contribution in [2.45, 2.75) is 50.5 Å². The first-order valence-corrected chi connectivity index (χ1v) is 10.2. The Labute approximate surface area is 165 Å². The van der Waals surface area contributed by atoms with E-state index in [1.807, 2.05) is 42.6 Å². The van der Waals surface area contributed by atoms with Gasteiger partial charge < -0.3 is 10.3 Å². The maximum atomic E-state index is 12.8. The molecule has 3 nitrogen and oxygen atoms in total. The average Bonchev–Trinajstić information content (AvgIpc) is 3.12. The first-order chi connectivity index (χ1) is 13.2. The van der Waals surface area contributed by atoms with Crippen molar-refractivity contribution in [1.29, 1.82) is 0 Å². The van der Waals surface area contributed by atoms with E-state index in [-0.39, 0.29) is 11.8 Å². The molecule has 1 aromatic heterocycles. The Morgan fingerprint density at radius 2 is 1.81 bits per heavy atom. The Morgan fingerprint density at radius 1 is 1.07 bits per heavy atom. The number of H-pyrrole nitrogens is 1. The smallest absolute Gasteiger partial charge is 0.221 e. The van der Waals surface area contributed by atoms with Gasteiger partial charge in [0.15, 0.2) is 0 Å². The van der Waals surface area contributed by atoms with Crippen molar-refractivity contribution in [2.75, 3.05) is 0 Å².